The minimum atomic E-state index is -0.224. The molecule has 0 aliphatic carbocycles. The minimum Gasteiger partial charge on any atom is -0.226 e. The molecule has 200 valence electrons. The molecule has 0 bridgehead atoms. The molecule has 0 N–H and O–H groups in total. The van der Waals surface area contributed by atoms with E-state index >= 15 is 0 Å². The lowest BCUT2D eigenvalue weighted by Crippen LogP contribution is -2.21. The summed E-state index contributed by atoms with van der Waals surface area (Å²) in [6.07, 6.45) is 0. The summed E-state index contributed by atoms with van der Waals surface area (Å²) in [7, 11) is 0. The number of allylic oxidation sites excluding steroid dienone is 3. The van der Waals surface area contributed by atoms with Crippen LogP contribution in [0.25, 0.3) is 22.5 Å². The third-order valence-corrected chi connectivity index (χ3v) is 6.56. The molecular weight excluding hydrogens is 554 g/mol. The number of hydrogen-bond acceptors (Lipinski definition) is 13. The Labute approximate surface area is 246 Å². The van der Waals surface area contributed by atoms with Crippen molar-refractivity contribution in [3.63, 3.8) is 0 Å². The first-order chi connectivity index (χ1) is 21.6. The van der Waals surface area contributed by atoms with Crippen LogP contribution in [-0.2, 0) is 0 Å². The number of nitrogens with zero attached hydrogens (tertiary/aromatic N) is 13. The van der Waals surface area contributed by atoms with Crippen molar-refractivity contribution in [3.8, 4) is 35.7 Å². The van der Waals surface area contributed by atoms with E-state index < -0.39 is 0 Å². The molecule has 3 aliphatic rings. The smallest absolute Gasteiger partial charge is 0.182 e. The molecule has 3 aromatic carbocycles. The summed E-state index contributed by atoms with van der Waals surface area (Å²) in [4.78, 5) is 40.1. The van der Waals surface area contributed by atoms with Gasteiger partial charge >= 0.3 is 0 Å². The van der Waals surface area contributed by atoms with Crippen LogP contribution in [0.4, 0.5) is 0 Å². The van der Waals surface area contributed by atoms with Crippen molar-refractivity contribution >= 4 is 11.1 Å². The van der Waals surface area contributed by atoms with Crippen molar-refractivity contribution < 1.29 is 0 Å². The number of para-hydroxylation sites is 4. The fraction of sp³-hybridized carbons (Fsp3) is 0. The molecule has 0 saturated carbocycles. The van der Waals surface area contributed by atoms with Gasteiger partial charge in [-0.25, -0.2) is 44.9 Å². The number of nitriles is 4. The van der Waals surface area contributed by atoms with Gasteiger partial charge in [0.15, 0.2) is 40.5 Å². The molecule has 0 spiro atoms. The quantitative estimate of drug-likeness (QED) is 0.318. The molecule has 4 heterocycles. The molecule has 0 amide bonds. The van der Waals surface area contributed by atoms with Gasteiger partial charge in [0.1, 0.15) is 35.4 Å². The molecule has 13 nitrogen and oxygen atoms in total. The Balaban J connectivity index is 1.47. The first-order valence-corrected chi connectivity index (χ1v) is 12.8. The normalized spacial score (nSPS) is 13.0. The second kappa shape index (κ2) is 10.2. The Bertz CT molecular complexity index is 2440. The largest absolute Gasteiger partial charge is 0.226 e. The van der Waals surface area contributed by atoms with Gasteiger partial charge in [-0.05, 0) is 42.5 Å². The Morgan fingerprint density at radius 2 is 0.886 bits per heavy atom. The van der Waals surface area contributed by atoms with Crippen LogP contribution in [-0.4, -0.2) is 15.0 Å². The monoisotopic (exact) mass is 565 g/mol. The second-order valence-electron chi connectivity index (χ2n) is 9.20. The fourth-order valence-corrected chi connectivity index (χ4v) is 4.50. The first-order valence-electron chi connectivity index (χ1n) is 12.8. The molecule has 0 saturated heterocycles. The van der Waals surface area contributed by atoms with E-state index in [4.69, 9.17) is 0 Å². The summed E-state index contributed by atoms with van der Waals surface area (Å²) in [5.41, 5.74) is 0.158. The lowest BCUT2D eigenvalue weighted by molar-refractivity contribution is 0.992. The van der Waals surface area contributed by atoms with E-state index in [1.807, 2.05) is 24.3 Å². The maximum atomic E-state index is 10.2. The van der Waals surface area contributed by atoms with Crippen LogP contribution in [0, 0.1) is 45.3 Å². The zero-order valence-electron chi connectivity index (χ0n) is 22.2. The van der Waals surface area contributed by atoms with Crippen molar-refractivity contribution in [3.05, 3.63) is 134 Å². The number of aromatic nitrogens is 3. The summed E-state index contributed by atoms with van der Waals surface area (Å²) < 4.78 is 0. The van der Waals surface area contributed by atoms with E-state index in [-0.39, 0.29) is 51.7 Å². The first kappa shape index (κ1) is 25.6. The van der Waals surface area contributed by atoms with Crippen LogP contribution in [0.3, 0.4) is 0 Å². The SMILES string of the molecule is N#CC(C#N)=C1N=c2ccc(-c3nc(C(C#N)=C4N=c5ccccc5=N4)nc(C(C#N)=C4N=c5ccccc5=N4)n3)cc2=N1. The molecule has 1 aromatic heterocycles. The maximum Gasteiger partial charge on any atom is 0.182 e. The Hall–Kier alpha value is -7.35. The van der Waals surface area contributed by atoms with Crippen molar-refractivity contribution in [2.24, 2.45) is 30.0 Å². The van der Waals surface area contributed by atoms with Crippen LogP contribution >= 0.6 is 0 Å². The van der Waals surface area contributed by atoms with Crippen LogP contribution in [0.5, 0.6) is 0 Å². The minimum absolute atomic E-state index is 0.000204. The molecule has 0 fully saturated rings. The van der Waals surface area contributed by atoms with Gasteiger partial charge in [-0.3, -0.25) is 0 Å². The Morgan fingerprint density at radius 3 is 1.34 bits per heavy atom. The third kappa shape index (κ3) is 4.29. The molecule has 13 heteroatoms. The number of hydrogen-bond donors (Lipinski definition) is 0. The maximum absolute atomic E-state index is 10.2. The van der Waals surface area contributed by atoms with Crippen molar-refractivity contribution in [1.29, 1.82) is 21.0 Å². The highest BCUT2D eigenvalue weighted by atomic mass is 15.1. The Kier molecular flexibility index (Phi) is 5.96. The van der Waals surface area contributed by atoms with Crippen LogP contribution in [0.2, 0.25) is 0 Å². The van der Waals surface area contributed by atoms with Gasteiger partial charge in [0.05, 0.1) is 32.1 Å². The van der Waals surface area contributed by atoms with Crippen molar-refractivity contribution in [2.75, 3.05) is 0 Å². The van der Waals surface area contributed by atoms with E-state index in [1.165, 1.54) is 0 Å². The Morgan fingerprint density at radius 1 is 0.455 bits per heavy atom. The highest BCUT2D eigenvalue weighted by Crippen LogP contribution is 2.25. The van der Waals surface area contributed by atoms with Crippen LogP contribution < -0.4 is 32.1 Å². The van der Waals surface area contributed by atoms with Gasteiger partial charge < -0.3 is 0 Å². The fourth-order valence-electron chi connectivity index (χ4n) is 4.50. The second-order valence-corrected chi connectivity index (χ2v) is 9.20. The topological polar surface area (TPSA) is 208 Å². The predicted molar refractivity (Wildman–Crippen MR) is 148 cm³/mol. The van der Waals surface area contributed by atoms with Gasteiger partial charge in [0.25, 0.3) is 0 Å². The molecule has 7 rings (SSSR count). The summed E-state index contributed by atoms with van der Waals surface area (Å²) in [6, 6.07) is 27.1. The average Bonchev–Trinajstić information content (AvgIpc) is 3.78. The summed E-state index contributed by atoms with van der Waals surface area (Å²) in [5.74, 6) is 0.206. The van der Waals surface area contributed by atoms with Crippen LogP contribution in [0.1, 0.15) is 11.6 Å². The van der Waals surface area contributed by atoms with Gasteiger partial charge in [0, 0.05) is 5.56 Å². The average molecular weight is 566 g/mol. The molecule has 4 aromatic rings. The lowest BCUT2D eigenvalue weighted by Gasteiger charge is -2.07. The molecule has 3 aliphatic heterocycles. The van der Waals surface area contributed by atoms with Gasteiger partial charge in [-0.2, -0.15) is 21.0 Å². The van der Waals surface area contributed by atoms with Gasteiger partial charge in [-0.15, -0.1) is 0 Å². The third-order valence-electron chi connectivity index (χ3n) is 6.56. The summed E-state index contributed by atoms with van der Waals surface area (Å²) in [6.45, 7) is 0. The lowest BCUT2D eigenvalue weighted by atomic mass is 10.1. The zero-order valence-corrected chi connectivity index (χ0v) is 22.2. The summed E-state index contributed by atoms with van der Waals surface area (Å²) in [5, 5.41) is 42.1. The van der Waals surface area contributed by atoms with Crippen LogP contribution in [0.15, 0.2) is 120 Å². The van der Waals surface area contributed by atoms with E-state index in [0.717, 1.165) is 0 Å². The van der Waals surface area contributed by atoms with Crippen molar-refractivity contribution in [1.82, 2.24) is 15.0 Å². The standard InChI is InChI=1S/C31H11N13/c32-12-17(13-33)27-36-24-10-9-16(11-25(24)41-27)26-42-30(18(14-34)28-37-20-5-1-2-6-21(20)38-28)44-31(43-26)19(15-35)29-39-22-7-3-4-8-23(22)40-29/h1-11H. The highest BCUT2D eigenvalue weighted by Gasteiger charge is 2.22. The molecule has 0 radical (unpaired) electrons. The van der Waals surface area contributed by atoms with Gasteiger partial charge in [0.2, 0.25) is 0 Å². The molecule has 0 unspecified atom stereocenters. The zero-order chi connectivity index (χ0) is 30.2. The number of benzene rings is 3. The van der Waals surface area contributed by atoms with E-state index in [2.05, 4.69) is 57.0 Å². The molecular formula is C31H11N13. The van der Waals surface area contributed by atoms with E-state index in [9.17, 15) is 21.0 Å². The number of fused-ring (bicyclic) bond motifs is 3. The van der Waals surface area contributed by atoms with Gasteiger partial charge in [-0.1, -0.05) is 24.3 Å². The summed E-state index contributed by atoms with van der Waals surface area (Å²) >= 11 is 0. The molecule has 44 heavy (non-hydrogen) atoms. The van der Waals surface area contributed by atoms with Crippen molar-refractivity contribution in [2.45, 2.75) is 0 Å². The predicted octanol–water partition coefficient (Wildman–Crippen LogP) is 0.341. The van der Waals surface area contributed by atoms with E-state index in [1.54, 1.807) is 54.6 Å². The molecule has 0 atom stereocenters. The van der Waals surface area contributed by atoms with E-state index in [0.29, 0.717) is 37.7 Å². The highest BCUT2D eigenvalue weighted by molar-refractivity contribution is 5.80. The number of rotatable bonds is 3.